The zero-order chi connectivity index (χ0) is 17.7. The highest BCUT2D eigenvalue weighted by molar-refractivity contribution is 5.95. The van der Waals surface area contributed by atoms with E-state index in [0.29, 0.717) is 23.0 Å². The Labute approximate surface area is 168 Å². The number of carbonyl (C=O) groups excluding carboxylic acids is 1. The van der Waals surface area contributed by atoms with Crippen LogP contribution in [0.4, 0.5) is 0 Å². The zero-order valence-electron chi connectivity index (χ0n) is 15.1. The molecule has 0 spiro atoms. The number of piperidine rings is 1. The van der Waals surface area contributed by atoms with Crippen molar-refractivity contribution in [1.29, 1.82) is 0 Å². The van der Waals surface area contributed by atoms with Crippen LogP contribution in [0.3, 0.4) is 0 Å². The minimum absolute atomic E-state index is 0. The minimum Gasteiger partial charge on any atom is -0.337 e. The molecule has 2 aliphatic heterocycles. The maximum absolute atomic E-state index is 12.9. The third-order valence-corrected chi connectivity index (χ3v) is 5.44. The summed E-state index contributed by atoms with van der Waals surface area (Å²) < 4.78 is 0. The van der Waals surface area contributed by atoms with Crippen LogP contribution >= 0.6 is 24.8 Å². The first kappa shape index (κ1) is 21.4. The van der Waals surface area contributed by atoms with E-state index in [1.54, 1.807) is 24.9 Å². The van der Waals surface area contributed by atoms with Crippen LogP contribution in [0.2, 0.25) is 0 Å². The maximum Gasteiger partial charge on any atom is 0.327 e. The number of aromatic amines is 2. The van der Waals surface area contributed by atoms with Crippen molar-refractivity contribution >= 4 is 41.8 Å². The fourth-order valence-corrected chi connectivity index (χ4v) is 4.15. The number of rotatable bonds is 2. The van der Waals surface area contributed by atoms with E-state index in [9.17, 15) is 14.4 Å². The quantitative estimate of drug-likeness (QED) is 0.680. The molecule has 148 valence electrons. The Hall–Kier alpha value is -1.90. The van der Waals surface area contributed by atoms with E-state index in [4.69, 9.17) is 0 Å². The molecule has 0 aromatic carbocycles. The van der Waals surface area contributed by atoms with Crippen molar-refractivity contribution in [3.8, 4) is 0 Å². The molecule has 4 rings (SSSR count). The summed E-state index contributed by atoms with van der Waals surface area (Å²) in [6.45, 7) is 1.74. The number of aryl methyl sites for hydroxylation is 1. The molecular formula is C17H23Cl2N5O3. The van der Waals surface area contributed by atoms with E-state index in [0.717, 1.165) is 12.8 Å². The summed E-state index contributed by atoms with van der Waals surface area (Å²) in [5.74, 6) is -0.183. The third kappa shape index (κ3) is 3.88. The highest BCUT2D eigenvalue weighted by Crippen LogP contribution is 2.29. The highest BCUT2D eigenvalue weighted by Gasteiger charge is 2.36. The number of halogens is 2. The Balaban J connectivity index is 0.00000131. The van der Waals surface area contributed by atoms with Gasteiger partial charge in [0.2, 0.25) is 0 Å². The normalized spacial score (nSPS) is 23.4. The lowest BCUT2D eigenvalue weighted by Crippen LogP contribution is -2.48. The Morgan fingerprint density at radius 1 is 1.15 bits per heavy atom. The van der Waals surface area contributed by atoms with Crippen LogP contribution in [0, 0.1) is 6.92 Å². The predicted octanol–water partition coefficient (Wildman–Crippen LogP) is 1.12. The number of hydrogen-bond donors (Lipinski definition) is 3. The summed E-state index contributed by atoms with van der Waals surface area (Å²) in [5, 5.41) is 3.87. The molecule has 27 heavy (non-hydrogen) atoms. The summed E-state index contributed by atoms with van der Waals surface area (Å²) >= 11 is 0. The van der Waals surface area contributed by atoms with Gasteiger partial charge in [-0.15, -0.1) is 24.8 Å². The molecule has 10 heteroatoms. The highest BCUT2D eigenvalue weighted by atomic mass is 35.5. The molecule has 2 atom stereocenters. The molecule has 1 amide bonds. The average molecular weight is 416 g/mol. The smallest absolute Gasteiger partial charge is 0.327 e. The number of H-pyrrole nitrogens is 2. The number of nitrogens with one attached hydrogen (secondary N) is 3. The second-order valence-electron chi connectivity index (χ2n) is 7.14. The van der Waals surface area contributed by atoms with E-state index in [-0.39, 0.29) is 48.1 Å². The van der Waals surface area contributed by atoms with Crippen LogP contribution < -0.4 is 16.6 Å². The van der Waals surface area contributed by atoms with Gasteiger partial charge >= 0.3 is 5.69 Å². The van der Waals surface area contributed by atoms with Crippen LogP contribution in [0.5, 0.6) is 0 Å². The van der Waals surface area contributed by atoms with Gasteiger partial charge < -0.3 is 10.2 Å². The number of aromatic nitrogens is 3. The molecule has 4 heterocycles. The lowest BCUT2D eigenvalue weighted by Gasteiger charge is -2.35. The van der Waals surface area contributed by atoms with Gasteiger partial charge in [-0.3, -0.25) is 19.6 Å². The van der Waals surface area contributed by atoms with Gasteiger partial charge in [0.25, 0.3) is 11.5 Å². The number of fused-ring (bicyclic) bond motifs is 3. The number of pyridine rings is 1. The third-order valence-electron chi connectivity index (χ3n) is 5.44. The van der Waals surface area contributed by atoms with Crippen LogP contribution in [0.1, 0.15) is 41.7 Å². The summed E-state index contributed by atoms with van der Waals surface area (Å²) in [6.07, 6.45) is 4.23. The topological polar surface area (TPSA) is 111 Å². The van der Waals surface area contributed by atoms with Gasteiger partial charge in [-0.1, -0.05) is 0 Å². The van der Waals surface area contributed by atoms with Gasteiger partial charge in [0.15, 0.2) is 0 Å². The first-order valence-corrected chi connectivity index (χ1v) is 8.59. The van der Waals surface area contributed by atoms with E-state index >= 15 is 0 Å². The predicted molar refractivity (Wildman–Crippen MR) is 107 cm³/mol. The Morgan fingerprint density at radius 2 is 1.78 bits per heavy atom. The van der Waals surface area contributed by atoms with Crippen molar-refractivity contribution in [1.82, 2.24) is 25.2 Å². The van der Waals surface area contributed by atoms with Crippen LogP contribution in [-0.4, -0.2) is 50.9 Å². The van der Waals surface area contributed by atoms with Crippen molar-refractivity contribution < 1.29 is 4.79 Å². The molecule has 2 aliphatic rings. The van der Waals surface area contributed by atoms with Crippen LogP contribution in [-0.2, 0) is 0 Å². The molecule has 2 unspecified atom stereocenters. The van der Waals surface area contributed by atoms with Gasteiger partial charge in [0.1, 0.15) is 11.3 Å². The maximum atomic E-state index is 12.9. The van der Waals surface area contributed by atoms with E-state index in [1.807, 2.05) is 0 Å². The fourth-order valence-electron chi connectivity index (χ4n) is 4.15. The SMILES string of the molecule is Cc1cc(C(=O)N(C)C2CC3CCC(C2)N3)nc2[nH]c(=O)[nH]c(=O)c12.Cl.Cl. The van der Waals surface area contributed by atoms with Gasteiger partial charge in [0, 0.05) is 25.2 Å². The Morgan fingerprint density at radius 3 is 2.41 bits per heavy atom. The van der Waals surface area contributed by atoms with E-state index in [2.05, 4.69) is 20.3 Å². The number of carbonyl (C=O) groups is 1. The lowest BCUT2D eigenvalue weighted by atomic mass is 9.98. The first-order chi connectivity index (χ1) is 11.9. The van der Waals surface area contributed by atoms with Crippen molar-refractivity contribution in [3.05, 3.63) is 38.2 Å². The number of hydrogen-bond acceptors (Lipinski definition) is 5. The van der Waals surface area contributed by atoms with Crippen LogP contribution in [0.15, 0.2) is 15.7 Å². The van der Waals surface area contributed by atoms with Crippen molar-refractivity contribution in [2.45, 2.75) is 50.7 Å². The van der Waals surface area contributed by atoms with E-state index in [1.165, 1.54) is 12.8 Å². The monoisotopic (exact) mass is 415 g/mol. The molecule has 0 radical (unpaired) electrons. The van der Waals surface area contributed by atoms with Gasteiger partial charge in [-0.05, 0) is 44.2 Å². The van der Waals surface area contributed by atoms with Crippen LogP contribution in [0.25, 0.3) is 11.0 Å². The first-order valence-electron chi connectivity index (χ1n) is 8.59. The zero-order valence-corrected chi connectivity index (χ0v) is 16.7. The molecule has 2 bridgehead atoms. The van der Waals surface area contributed by atoms with Crippen molar-refractivity contribution in [2.75, 3.05) is 7.05 Å². The second-order valence-corrected chi connectivity index (χ2v) is 7.14. The molecule has 0 aliphatic carbocycles. The molecule has 2 aromatic rings. The second kappa shape index (κ2) is 8.00. The molecule has 3 N–H and O–H groups in total. The average Bonchev–Trinajstić information content (AvgIpc) is 2.90. The fraction of sp³-hybridized carbons (Fsp3) is 0.529. The minimum atomic E-state index is -0.628. The van der Waals surface area contributed by atoms with Gasteiger partial charge in [-0.2, -0.15) is 0 Å². The summed E-state index contributed by atoms with van der Waals surface area (Å²) in [4.78, 5) is 47.0. The number of nitrogens with zero attached hydrogens (tertiary/aromatic N) is 2. The Bertz CT molecular complexity index is 961. The van der Waals surface area contributed by atoms with Crippen molar-refractivity contribution in [3.63, 3.8) is 0 Å². The summed E-state index contributed by atoms with van der Waals surface area (Å²) in [6, 6.07) is 2.77. The van der Waals surface area contributed by atoms with Gasteiger partial charge in [-0.25, -0.2) is 9.78 Å². The lowest BCUT2D eigenvalue weighted by molar-refractivity contribution is 0.0676. The molecule has 2 saturated heterocycles. The van der Waals surface area contributed by atoms with Crippen molar-refractivity contribution in [2.24, 2.45) is 0 Å². The molecule has 8 nitrogen and oxygen atoms in total. The molecule has 0 saturated carbocycles. The Kier molecular flexibility index (Phi) is 6.34. The summed E-state index contributed by atoms with van der Waals surface area (Å²) in [5.41, 5.74) is -0.108. The van der Waals surface area contributed by atoms with Gasteiger partial charge in [0.05, 0.1) is 5.39 Å². The number of amides is 1. The molecular weight excluding hydrogens is 393 g/mol. The van der Waals surface area contributed by atoms with E-state index < -0.39 is 11.2 Å². The largest absolute Gasteiger partial charge is 0.337 e. The molecule has 2 aromatic heterocycles. The summed E-state index contributed by atoms with van der Waals surface area (Å²) in [7, 11) is 1.81. The molecule has 2 fully saturated rings. The standard InChI is InChI=1S/C17H21N5O3.2ClH/c1-8-5-12(19-14-13(8)15(23)21-17(25)20-14)16(24)22(2)11-6-9-3-4-10(7-11)18-9;;/h5,9-11,18H,3-4,6-7H2,1-2H3,(H2,19,20,21,23,25);2*1H.